The maximum Gasteiger partial charge on any atom is 0.263 e. The molecule has 0 atom stereocenters. The summed E-state index contributed by atoms with van der Waals surface area (Å²) in [5.41, 5.74) is 6.33. The number of rotatable bonds is 3. The normalized spacial score (nSPS) is 11.3. The van der Waals surface area contributed by atoms with Gasteiger partial charge in [-0.3, -0.25) is 4.72 Å². The van der Waals surface area contributed by atoms with Gasteiger partial charge in [-0.05, 0) is 52.3 Å². The monoisotopic (exact) mass is 394 g/mol. The molecule has 0 heterocycles. The van der Waals surface area contributed by atoms with Crippen LogP contribution < -0.4 is 10.5 Å². The van der Waals surface area contributed by atoms with Gasteiger partial charge in [0, 0.05) is 20.2 Å². The Morgan fingerprint density at radius 1 is 1.05 bits per heavy atom. The van der Waals surface area contributed by atoms with E-state index in [1.165, 1.54) is 36.4 Å². The largest absolute Gasteiger partial charge is 0.399 e. The van der Waals surface area contributed by atoms with E-state index in [2.05, 4.69) is 20.7 Å². The summed E-state index contributed by atoms with van der Waals surface area (Å²) in [6.45, 7) is 0. The lowest BCUT2D eigenvalue weighted by molar-refractivity contribution is 0.601. The van der Waals surface area contributed by atoms with Crippen LogP contribution in [0.25, 0.3) is 0 Å². The maximum absolute atomic E-state index is 12.3. The van der Waals surface area contributed by atoms with Crippen LogP contribution in [0.5, 0.6) is 0 Å². The third-order valence-electron chi connectivity index (χ3n) is 2.36. The minimum atomic E-state index is -3.76. The van der Waals surface area contributed by atoms with E-state index in [1.54, 1.807) is 0 Å². The third-order valence-corrected chi connectivity index (χ3v) is 5.15. The van der Waals surface area contributed by atoms with Crippen LogP contribution in [0.3, 0.4) is 0 Å². The number of sulfonamides is 1. The predicted molar refractivity (Wildman–Crippen MR) is 85.8 cm³/mol. The van der Waals surface area contributed by atoms with Gasteiger partial charge in [0.15, 0.2) is 0 Å². The van der Waals surface area contributed by atoms with Crippen LogP contribution in [0.15, 0.2) is 45.8 Å². The Labute approximate surface area is 135 Å². The molecule has 0 aliphatic rings. The van der Waals surface area contributed by atoms with Crippen LogP contribution in [0.4, 0.5) is 11.4 Å². The van der Waals surface area contributed by atoms with Gasteiger partial charge in [-0.15, -0.1) is 0 Å². The van der Waals surface area contributed by atoms with Crippen molar-refractivity contribution in [2.45, 2.75) is 4.90 Å². The van der Waals surface area contributed by atoms with Crippen LogP contribution in [-0.2, 0) is 10.0 Å². The first-order valence-electron chi connectivity index (χ1n) is 5.32. The average molecular weight is 396 g/mol. The molecule has 4 nitrogen and oxygen atoms in total. The van der Waals surface area contributed by atoms with Gasteiger partial charge in [-0.2, -0.15) is 0 Å². The zero-order valence-corrected chi connectivity index (χ0v) is 13.8. The maximum atomic E-state index is 12.3. The second-order valence-electron chi connectivity index (χ2n) is 3.95. The molecule has 0 spiro atoms. The first-order valence-corrected chi connectivity index (χ1v) is 8.35. The molecule has 0 bridgehead atoms. The zero-order chi connectivity index (χ0) is 14.9. The summed E-state index contributed by atoms with van der Waals surface area (Å²) in [7, 11) is -3.76. The van der Waals surface area contributed by atoms with Crippen molar-refractivity contribution in [2.75, 3.05) is 10.5 Å². The van der Waals surface area contributed by atoms with Crippen molar-refractivity contribution in [1.29, 1.82) is 0 Å². The van der Waals surface area contributed by atoms with Crippen LogP contribution in [-0.4, -0.2) is 8.42 Å². The van der Waals surface area contributed by atoms with Gasteiger partial charge in [0.05, 0.1) is 5.69 Å². The molecule has 2 aromatic rings. The van der Waals surface area contributed by atoms with Crippen molar-refractivity contribution in [2.24, 2.45) is 0 Å². The summed E-state index contributed by atoms with van der Waals surface area (Å²) in [5, 5.41) is 0.679. The van der Waals surface area contributed by atoms with E-state index in [9.17, 15) is 8.42 Å². The van der Waals surface area contributed by atoms with Crippen molar-refractivity contribution in [3.05, 3.63) is 50.9 Å². The lowest BCUT2D eigenvalue weighted by Gasteiger charge is -2.10. The standard InChI is InChI=1S/C12H9BrCl2N2O2S/c13-11-6-9(16)1-2-12(11)20(18,19)17-10-4-7(14)3-8(15)5-10/h1-6,17H,16H2. The number of nitrogens with one attached hydrogen (secondary N) is 1. The number of nitrogen functional groups attached to an aromatic ring is 1. The van der Waals surface area contributed by atoms with E-state index >= 15 is 0 Å². The molecule has 0 unspecified atom stereocenters. The van der Waals surface area contributed by atoms with Crippen molar-refractivity contribution in [3.63, 3.8) is 0 Å². The minimum Gasteiger partial charge on any atom is -0.399 e. The summed E-state index contributed by atoms with van der Waals surface area (Å²) in [5.74, 6) is 0. The third kappa shape index (κ3) is 3.58. The number of hydrogen-bond donors (Lipinski definition) is 2. The van der Waals surface area contributed by atoms with Gasteiger partial charge >= 0.3 is 0 Å². The van der Waals surface area contributed by atoms with Gasteiger partial charge in [-0.1, -0.05) is 23.2 Å². The Kier molecular flexibility index (Phi) is 4.49. The highest BCUT2D eigenvalue weighted by molar-refractivity contribution is 9.10. The fourth-order valence-corrected chi connectivity index (χ4v) is 4.22. The van der Waals surface area contributed by atoms with Crippen LogP contribution in [0, 0.1) is 0 Å². The van der Waals surface area contributed by atoms with E-state index in [1.807, 2.05) is 0 Å². The summed E-state index contributed by atoms with van der Waals surface area (Å²) < 4.78 is 27.4. The number of anilines is 2. The smallest absolute Gasteiger partial charge is 0.263 e. The van der Waals surface area contributed by atoms with Gasteiger partial charge in [0.25, 0.3) is 10.0 Å². The van der Waals surface area contributed by atoms with Gasteiger partial charge in [0.1, 0.15) is 4.90 Å². The van der Waals surface area contributed by atoms with Crippen molar-refractivity contribution < 1.29 is 8.42 Å². The predicted octanol–water partition coefficient (Wildman–Crippen LogP) is 4.14. The molecular weight excluding hydrogens is 387 g/mol. The molecule has 106 valence electrons. The average Bonchev–Trinajstić information content (AvgIpc) is 2.25. The van der Waals surface area contributed by atoms with E-state index in [0.717, 1.165) is 0 Å². The molecule has 3 N–H and O–H groups in total. The highest BCUT2D eigenvalue weighted by Gasteiger charge is 2.18. The first-order chi connectivity index (χ1) is 9.28. The molecule has 0 fully saturated rings. The van der Waals surface area contributed by atoms with Gasteiger partial charge in [-0.25, -0.2) is 8.42 Å². The molecular formula is C12H9BrCl2N2O2S. The fraction of sp³-hybridized carbons (Fsp3) is 0. The van der Waals surface area contributed by atoms with Gasteiger partial charge in [0.2, 0.25) is 0 Å². The molecule has 0 saturated heterocycles. The second-order valence-corrected chi connectivity index (χ2v) is 7.33. The number of nitrogens with two attached hydrogens (primary N) is 1. The lowest BCUT2D eigenvalue weighted by Crippen LogP contribution is -2.13. The molecule has 0 radical (unpaired) electrons. The van der Waals surface area contributed by atoms with E-state index in [-0.39, 0.29) is 10.6 Å². The van der Waals surface area contributed by atoms with Crippen molar-refractivity contribution in [3.8, 4) is 0 Å². The van der Waals surface area contributed by atoms with E-state index in [0.29, 0.717) is 20.2 Å². The second kappa shape index (κ2) is 5.81. The molecule has 0 aliphatic carbocycles. The van der Waals surface area contributed by atoms with Gasteiger partial charge < -0.3 is 5.73 Å². The molecule has 0 amide bonds. The Hall–Kier alpha value is -0.950. The molecule has 0 aromatic heterocycles. The topological polar surface area (TPSA) is 72.2 Å². The summed E-state index contributed by atoms with van der Waals surface area (Å²) in [6.07, 6.45) is 0. The Bertz CT molecular complexity index is 746. The van der Waals surface area contributed by atoms with Crippen LogP contribution >= 0.6 is 39.1 Å². The van der Waals surface area contributed by atoms with Crippen molar-refractivity contribution in [1.82, 2.24) is 0 Å². The zero-order valence-electron chi connectivity index (χ0n) is 9.90. The minimum absolute atomic E-state index is 0.0720. The molecule has 8 heteroatoms. The number of hydrogen-bond acceptors (Lipinski definition) is 3. The Morgan fingerprint density at radius 2 is 1.65 bits per heavy atom. The molecule has 2 aromatic carbocycles. The van der Waals surface area contributed by atoms with Crippen molar-refractivity contribution >= 4 is 60.5 Å². The lowest BCUT2D eigenvalue weighted by atomic mass is 10.3. The SMILES string of the molecule is Nc1ccc(S(=O)(=O)Nc2cc(Cl)cc(Cl)c2)c(Br)c1. The summed E-state index contributed by atoms with van der Waals surface area (Å²) in [6, 6.07) is 8.88. The molecule has 0 saturated carbocycles. The molecule has 20 heavy (non-hydrogen) atoms. The van der Waals surface area contributed by atoms with E-state index in [4.69, 9.17) is 28.9 Å². The first kappa shape index (κ1) is 15.4. The number of halogens is 3. The Balaban J connectivity index is 2.40. The highest BCUT2D eigenvalue weighted by atomic mass is 79.9. The van der Waals surface area contributed by atoms with Crippen LogP contribution in [0.1, 0.15) is 0 Å². The summed E-state index contributed by atoms with van der Waals surface area (Å²) in [4.78, 5) is 0.0720. The molecule has 0 aliphatic heterocycles. The highest BCUT2D eigenvalue weighted by Crippen LogP contribution is 2.28. The van der Waals surface area contributed by atoms with E-state index < -0.39 is 10.0 Å². The fourth-order valence-electron chi connectivity index (χ4n) is 1.56. The Morgan fingerprint density at radius 3 is 2.20 bits per heavy atom. The number of benzene rings is 2. The van der Waals surface area contributed by atoms with Crippen LogP contribution in [0.2, 0.25) is 10.0 Å². The summed E-state index contributed by atoms with van der Waals surface area (Å²) >= 11 is 14.8. The molecule has 2 rings (SSSR count). The quantitative estimate of drug-likeness (QED) is 0.767.